The van der Waals surface area contributed by atoms with Crippen molar-refractivity contribution in [3.8, 4) is 5.69 Å². The van der Waals surface area contributed by atoms with E-state index in [9.17, 15) is 13.2 Å². The Morgan fingerprint density at radius 2 is 2.00 bits per heavy atom. The number of H-pyrrole nitrogens is 1. The van der Waals surface area contributed by atoms with Gasteiger partial charge in [0, 0.05) is 11.9 Å². The molecular formula is C13H8F3N3S. The van der Waals surface area contributed by atoms with E-state index in [0.717, 1.165) is 12.1 Å². The molecule has 0 unspecified atom stereocenters. The van der Waals surface area contributed by atoms with Gasteiger partial charge >= 0.3 is 6.18 Å². The molecule has 1 aromatic carbocycles. The van der Waals surface area contributed by atoms with Crippen LogP contribution in [-0.4, -0.2) is 14.5 Å². The highest BCUT2D eigenvalue weighted by Gasteiger charge is 2.30. The number of alkyl halides is 3. The molecule has 0 aliphatic heterocycles. The number of halogens is 3. The Hall–Kier alpha value is -2.15. The maximum atomic E-state index is 12.8. The highest BCUT2D eigenvalue weighted by atomic mass is 32.1. The molecule has 3 rings (SSSR count). The Morgan fingerprint density at radius 3 is 2.75 bits per heavy atom. The van der Waals surface area contributed by atoms with E-state index in [0.29, 0.717) is 21.5 Å². The SMILES string of the molecule is FC(F)(F)c1cccc(-n2c(=S)[nH]c3cnccc32)c1. The molecule has 0 bridgehead atoms. The number of hydrogen-bond acceptors (Lipinski definition) is 2. The van der Waals surface area contributed by atoms with Crippen LogP contribution in [-0.2, 0) is 6.18 Å². The Bertz CT molecular complexity index is 832. The van der Waals surface area contributed by atoms with Gasteiger partial charge in [0.2, 0.25) is 0 Å². The number of rotatable bonds is 1. The van der Waals surface area contributed by atoms with Crippen LogP contribution >= 0.6 is 12.2 Å². The third kappa shape index (κ3) is 2.09. The Kier molecular flexibility index (Phi) is 2.86. The molecule has 1 N–H and O–H groups in total. The lowest BCUT2D eigenvalue weighted by Crippen LogP contribution is -2.06. The van der Waals surface area contributed by atoms with Crippen molar-refractivity contribution >= 4 is 23.3 Å². The predicted molar refractivity (Wildman–Crippen MR) is 71.3 cm³/mol. The minimum absolute atomic E-state index is 0.326. The van der Waals surface area contributed by atoms with E-state index in [1.807, 2.05) is 0 Å². The summed E-state index contributed by atoms with van der Waals surface area (Å²) in [7, 11) is 0. The maximum absolute atomic E-state index is 12.8. The fraction of sp³-hybridized carbons (Fsp3) is 0.0769. The van der Waals surface area contributed by atoms with Crippen LogP contribution in [0.2, 0.25) is 0 Å². The summed E-state index contributed by atoms with van der Waals surface area (Å²) in [5.74, 6) is 0. The topological polar surface area (TPSA) is 33.6 Å². The van der Waals surface area contributed by atoms with E-state index < -0.39 is 11.7 Å². The summed E-state index contributed by atoms with van der Waals surface area (Å²) >= 11 is 5.17. The van der Waals surface area contributed by atoms with Crippen LogP contribution in [0, 0.1) is 4.77 Å². The fourth-order valence-corrected chi connectivity index (χ4v) is 2.35. The van der Waals surface area contributed by atoms with Crippen molar-refractivity contribution in [3.05, 3.63) is 53.1 Å². The molecule has 0 fully saturated rings. The van der Waals surface area contributed by atoms with E-state index in [-0.39, 0.29) is 0 Å². The molecule has 20 heavy (non-hydrogen) atoms. The highest BCUT2D eigenvalue weighted by molar-refractivity contribution is 7.71. The number of nitrogens with zero attached hydrogens (tertiary/aromatic N) is 2. The number of aromatic amines is 1. The first kappa shape index (κ1) is 12.9. The lowest BCUT2D eigenvalue weighted by Gasteiger charge is -2.10. The minimum Gasteiger partial charge on any atom is -0.329 e. The molecular weight excluding hydrogens is 287 g/mol. The quantitative estimate of drug-likeness (QED) is 0.686. The monoisotopic (exact) mass is 295 g/mol. The number of hydrogen-bond donors (Lipinski definition) is 1. The van der Waals surface area contributed by atoms with Gasteiger partial charge in [0.25, 0.3) is 0 Å². The summed E-state index contributed by atoms with van der Waals surface area (Å²) in [6, 6.07) is 6.74. The van der Waals surface area contributed by atoms with Crippen molar-refractivity contribution in [3.63, 3.8) is 0 Å². The van der Waals surface area contributed by atoms with Gasteiger partial charge in [-0.05, 0) is 36.5 Å². The second-order valence-electron chi connectivity index (χ2n) is 4.21. The van der Waals surface area contributed by atoms with Crippen molar-refractivity contribution in [2.24, 2.45) is 0 Å². The van der Waals surface area contributed by atoms with Crippen LogP contribution in [0.1, 0.15) is 5.56 Å². The smallest absolute Gasteiger partial charge is 0.329 e. The molecule has 0 spiro atoms. The summed E-state index contributed by atoms with van der Waals surface area (Å²) in [5, 5.41) is 0. The number of benzene rings is 1. The normalized spacial score (nSPS) is 11.9. The largest absolute Gasteiger partial charge is 0.416 e. The van der Waals surface area contributed by atoms with Gasteiger partial charge in [0.05, 0.1) is 22.8 Å². The summed E-state index contributed by atoms with van der Waals surface area (Å²) in [6.07, 6.45) is -1.24. The molecule has 0 atom stereocenters. The lowest BCUT2D eigenvalue weighted by molar-refractivity contribution is -0.137. The van der Waals surface area contributed by atoms with Gasteiger partial charge in [-0.3, -0.25) is 9.55 Å². The van der Waals surface area contributed by atoms with Gasteiger partial charge in [-0.2, -0.15) is 13.2 Å². The van der Waals surface area contributed by atoms with Crippen LogP contribution in [0.3, 0.4) is 0 Å². The number of pyridine rings is 1. The van der Waals surface area contributed by atoms with Gasteiger partial charge in [0.1, 0.15) is 0 Å². The molecule has 102 valence electrons. The van der Waals surface area contributed by atoms with Gasteiger partial charge < -0.3 is 4.98 Å². The molecule has 7 heteroatoms. The average Bonchev–Trinajstić information content (AvgIpc) is 2.73. The van der Waals surface area contributed by atoms with Crippen molar-refractivity contribution in [2.45, 2.75) is 6.18 Å². The van der Waals surface area contributed by atoms with Gasteiger partial charge in [0.15, 0.2) is 4.77 Å². The van der Waals surface area contributed by atoms with Crippen molar-refractivity contribution in [2.75, 3.05) is 0 Å². The fourth-order valence-electron chi connectivity index (χ4n) is 2.04. The van der Waals surface area contributed by atoms with Crippen LogP contribution < -0.4 is 0 Å². The molecule has 3 aromatic rings. The highest BCUT2D eigenvalue weighted by Crippen LogP contribution is 2.31. The number of aromatic nitrogens is 3. The van der Waals surface area contributed by atoms with E-state index in [1.165, 1.54) is 6.07 Å². The molecule has 0 aliphatic carbocycles. The number of nitrogens with one attached hydrogen (secondary N) is 1. The minimum atomic E-state index is -4.38. The van der Waals surface area contributed by atoms with Crippen molar-refractivity contribution in [1.82, 2.24) is 14.5 Å². The predicted octanol–water partition coefficient (Wildman–Crippen LogP) is 4.10. The standard InChI is InChI=1S/C13H8F3N3S/c14-13(15,16)8-2-1-3-9(6-8)19-11-4-5-17-7-10(11)18-12(19)20/h1-7H,(H,18,20). The summed E-state index contributed by atoms with van der Waals surface area (Å²) in [4.78, 5) is 6.86. The number of fused-ring (bicyclic) bond motifs is 1. The second kappa shape index (κ2) is 4.45. The van der Waals surface area contributed by atoms with Crippen molar-refractivity contribution in [1.29, 1.82) is 0 Å². The summed E-state index contributed by atoms with van der Waals surface area (Å²) in [6.45, 7) is 0. The molecule has 0 saturated heterocycles. The molecule has 0 saturated carbocycles. The molecule has 2 heterocycles. The molecule has 0 radical (unpaired) electrons. The van der Waals surface area contributed by atoms with E-state index in [2.05, 4.69) is 9.97 Å². The molecule has 0 amide bonds. The summed E-state index contributed by atoms with van der Waals surface area (Å²) in [5.41, 5.74) is 1.02. The van der Waals surface area contributed by atoms with Gasteiger partial charge in [-0.15, -0.1) is 0 Å². The van der Waals surface area contributed by atoms with Crippen LogP contribution in [0.4, 0.5) is 13.2 Å². The van der Waals surface area contributed by atoms with E-state index >= 15 is 0 Å². The van der Waals surface area contributed by atoms with Gasteiger partial charge in [-0.1, -0.05) is 6.07 Å². The zero-order valence-corrected chi connectivity index (χ0v) is 10.8. The first-order chi connectivity index (χ1) is 9.47. The van der Waals surface area contributed by atoms with Crippen LogP contribution in [0.15, 0.2) is 42.7 Å². The second-order valence-corrected chi connectivity index (χ2v) is 4.59. The van der Waals surface area contributed by atoms with E-state index in [4.69, 9.17) is 12.2 Å². The van der Waals surface area contributed by atoms with Crippen LogP contribution in [0.5, 0.6) is 0 Å². The average molecular weight is 295 g/mol. The lowest BCUT2D eigenvalue weighted by atomic mass is 10.2. The first-order valence-electron chi connectivity index (χ1n) is 5.69. The Balaban J connectivity index is 2.26. The zero-order chi connectivity index (χ0) is 14.3. The first-order valence-corrected chi connectivity index (χ1v) is 6.10. The third-order valence-corrected chi connectivity index (χ3v) is 3.20. The summed E-state index contributed by atoms with van der Waals surface area (Å²) < 4.78 is 40.2. The third-order valence-electron chi connectivity index (χ3n) is 2.92. The zero-order valence-electron chi connectivity index (χ0n) is 9.98. The Morgan fingerprint density at radius 1 is 1.20 bits per heavy atom. The van der Waals surface area contributed by atoms with E-state index in [1.54, 1.807) is 29.1 Å². The van der Waals surface area contributed by atoms with Gasteiger partial charge in [-0.25, -0.2) is 0 Å². The number of imidazole rings is 1. The van der Waals surface area contributed by atoms with Crippen molar-refractivity contribution < 1.29 is 13.2 Å². The molecule has 3 nitrogen and oxygen atoms in total. The molecule has 2 aromatic heterocycles. The maximum Gasteiger partial charge on any atom is 0.416 e. The molecule has 0 aliphatic rings. The Labute approximate surface area is 116 Å². The van der Waals surface area contributed by atoms with Crippen LogP contribution in [0.25, 0.3) is 16.7 Å².